The first-order valence-electron chi connectivity index (χ1n) is 4.24. The van der Waals surface area contributed by atoms with Gasteiger partial charge in [-0.1, -0.05) is 0 Å². The van der Waals surface area contributed by atoms with E-state index < -0.39 is 17.5 Å². The summed E-state index contributed by atoms with van der Waals surface area (Å²) in [6.07, 6.45) is 1.78. The van der Waals surface area contributed by atoms with Crippen LogP contribution in [0.5, 0.6) is 0 Å². The lowest BCUT2D eigenvalue weighted by Gasteiger charge is -2.24. The fraction of sp³-hybridized carbons (Fsp3) is 0.300. The molecule has 0 atom stereocenters. The molecule has 2 rings (SSSR count). The molecule has 0 spiro atoms. The van der Waals surface area contributed by atoms with E-state index in [1.54, 1.807) is 18.2 Å². The molecule has 1 saturated heterocycles. The van der Waals surface area contributed by atoms with Crippen LogP contribution in [0.2, 0.25) is 0 Å². The minimum absolute atomic E-state index is 0.365. The minimum atomic E-state index is -1.40. The van der Waals surface area contributed by atoms with Crippen molar-refractivity contribution in [1.82, 2.24) is 0 Å². The highest BCUT2D eigenvalue weighted by atomic mass is 32.2. The van der Waals surface area contributed by atoms with Crippen molar-refractivity contribution in [3.8, 4) is 0 Å². The Morgan fingerprint density at radius 1 is 1.14 bits per heavy atom. The van der Waals surface area contributed by atoms with Crippen LogP contribution in [0.1, 0.15) is 5.56 Å². The van der Waals surface area contributed by atoms with Crippen LogP contribution in [-0.2, 0) is 0 Å². The summed E-state index contributed by atoms with van der Waals surface area (Å²) in [5.74, 6) is -1.33. The maximum atomic E-state index is 12.8. The van der Waals surface area contributed by atoms with Gasteiger partial charge in [0.2, 0.25) is 0 Å². The standard InChI is InChI=1S/C10H8F3S/c11-8-2-6(1-7-4-14-5-7)3-9(12)10(8)13/h1-3,7H,4-5H2. The van der Waals surface area contributed by atoms with Gasteiger partial charge in [-0.2, -0.15) is 11.8 Å². The van der Waals surface area contributed by atoms with Gasteiger partial charge in [-0.15, -0.1) is 0 Å². The smallest absolute Gasteiger partial charge is 0.194 e. The van der Waals surface area contributed by atoms with E-state index in [-0.39, 0.29) is 0 Å². The lowest BCUT2D eigenvalue weighted by Crippen LogP contribution is -2.18. The van der Waals surface area contributed by atoms with E-state index in [1.165, 1.54) is 0 Å². The number of thioether (sulfide) groups is 1. The van der Waals surface area contributed by atoms with Crippen LogP contribution >= 0.6 is 11.8 Å². The second-order valence-electron chi connectivity index (χ2n) is 3.26. The van der Waals surface area contributed by atoms with Gasteiger partial charge in [-0.05, 0) is 41.5 Å². The highest BCUT2D eigenvalue weighted by Crippen LogP contribution is 2.29. The van der Waals surface area contributed by atoms with Crippen LogP contribution in [0.25, 0.3) is 0 Å². The molecule has 0 N–H and O–H groups in total. The molecule has 0 amide bonds. The third-order valence-corrected chi connectivity index (χ3v) is 3.43. The van der Waals surface area contributed by atoms with Crippen LogP contribution in [0, 0.1) is 29.8 Å². The van der Waals surface area contributed by atoms with Crippen molar-refractivity contribution < 1.29 is 13.2 Å². The summed E-state index contributed by atoms with van der Waals surface area (Å²) in [4.78, 5) is 0. The number of hydrogen-bond acceptors (Lipinski definition) is 1. The first-order valence-corrected chi connectivity index (χ1v) is 5.39. The van der Waals surface area contributed by atoms with Crippen molar-refractivity contribution in [1.29, 1.82) is 0 Å². The topological polar surface area (TPSA) is 0 Å². The molecule has 1 fully saturated rings. The fourth-order valence-corrected chi connectivity index (χ4v) is 1.99. The molecule has 0 aromatic heterocycles. The van der Waals surface area contributed by atoms with Crippen molar-refractivity contribution in [2.75, 3.05) is 11.5 Å². The summed E-state index contributed by atoms with van der Waals surface area (Å²) < 4.78 is 38.1. The normalized spacial score (nSPS) is 16.8. The van der Waals surface area contributed by atoms with Crippen molar-refractivity contribution in [2.24, 2.45) is 5.92 Å². The Labute approximate surface area is 84.5 Å². The summed E-state index contributed by atoms with van der Waals surface area (Å²) in [5.41, 5.74) is 0.423. The molecule has 75 valence electrons. The molecule has 0 aliphatic carbocycles. The SMILES string of the molecule is Fc1cc([CH]C2CSC2)cc(F)c1F. The Balaban J connectivity index is 2.17. The Hall–Kier alpha value is -0.640. The summed E-state index contributed by atoms with van der Waals surface area (Å²) in [6.45, 7) is 0. The van der Waals surface area contributed by atoms with Gasteiger partial charge in [0.15, 0.2) is 17.5 Å². The fourth-order valence-electron chi connectivity index (χ4n) is 1.29. The van der Waals surface area contributed by atoms with E-state index >= 15 is 0 Å². The average molecular weight is 217 g/mol. The molecular formula is C10H8F3S. The van der Waals surface area contributed by atoms with E-state index in [4.69, 9.17) is 0 Å². The molecule has 1 aromatic carbocycles. The van der Waals surface area contributed by atoms with Gasteiger partial charge in [0.05, 0.1) is 0 Å². The van der Waals surface area contributed by atoms with Gasteiger partial charge < -0.3 is 0 Å². The van der Waals surface area contributed by atoms with Gasteiger partial charge in [0.25, 0.3) is 0 Å². The van der Waals surface area contributed by atoms with Crippen molar-refractivity contribution in [2.45, 2.75) is 0 Å². The molecule has 0 nitrogen and oxygen atoms in total. The quantitative estimate of drug-likeness (QED) is 0.686. The summed E-state index contributed by atoms with van der Waals surface area (Å²) in [6, 6.07) is 2.06. The zero-order valence-electron chi connectivity index (χ0n) is 7.27. The Morgan fingerprint density at radius 3 is 2.14 bits per heavy atom. The number of rotatable bonds is 2. The number of halogens is 3. The molecule has 0 unspecified atom stereocenters. The minimum Gasteiger partial charge on any atom is -0.204 e. The van der Waals surface area contributed by atoms with Crippen LogP contribution in [0.15, 0.2) is 12.1 Å². The van der Waals surface area contributed by atoms with Crippen molar-refractivity contribution >= 4 is 11.8 Å². The van der Waals surface area contributed by atoms with Gasteiger partial charge in [-0.25, -0.2) is 13.2 Å². The zero-order chi connectivity index (χ0) is 10.1. The number of hydrogen-bond donors (Lipinski definition) is 0. The van der Waals surface area contributed by atoms with Crippen molar-refractivity contribution in [3.05, 3.63) is 41.6 Å². The summed E-state index contributed by atoms with van der Waals surface area (Å²) in [5, 5.41) is 0. The Bertz CT molecular complexity index is 324. The molecule has 1 heterocycles. The molecule has 1 aromatic rings. The molecular weight excluding hydrogens is 209 g/mol. The van der Waals surface area contributed by atoms with Crippen LogP contribution < -0.4 is 0 Å². The predicted molar refractivity (Wildman–Crippen MR) is 50.5 cm³/mol. The first kappa shape index (κ1) is 9.90. The van der Waals surface area contributed by atoms with Crippen molar-refractivity contribution in [3.63, 3.8) is 0 Å². The molecule has 1 aliphatic rings. The van der Waals surface area contributed by atoms with E-state index in [1.807, 2.05) is 0 Å². The molecule has 0 saturated carbocycles. The van der Waals surface area contributed by atoms with Gasteiger partial charge >= 0.3 is 0 Å². The highest BCUT2D eigenvalue weighted by Gasteiger charge is 2.20. The maximum absolute atomic E-state index is 12.8. The Kier molecular flexibility index (Phi) is 2.72. The van der Waals surface area contributed by atoms with E-state index in [0.717, 1.165) is 23.6 Å². The van der Waals surface area contributed by atoms with Crippen LogP contribution in [-0.4, -0.2) is 11.5 Å². The lowest BCUT2D eigenvalue weighted by atomic mass is 10.0. The highest BCUT2D eigenvalue weighted by molar-refractivity contribution is 8.00. The van der Waals surface area contributed by atoms with Gasteiger partial charge in [0.1, 0.15) is 0 Å². The predicted octanol–water partition coefficient (Wildman–Crippen LogP) is 3.02. The Morgan fingerprint density at radius 2 is 1.71 bits per heavy atom. The molecule has 0 bridgehead atoms. The third-order valence-electron chi connectivity index (χ3n) is 2.10. The zero-order valence-corrected chi connectivity index (χ0v) is 8.08. The van der Waals surface area contributed by atoms with Gasteiger partial charge in [0, 0.05) is 0 Å². The molecule has 1 radical (unpaired) electrons. The number of benzene rings is 1. The second-order valence-corrected chi connectivity index (χ2v) is 4.34. The monoisotopic (exact) mass is 217 g/mol. The van der Waals surface area contributed by atoms with E-state index in [2.05, 4.69) is 0 Å². The first-order chi connectivity index (χ1) is 6.66. The molecule has 14 heavy (non-hydrogen) atoms. The van der Waals surface area contributed by atoms with Crippen LogP contribution in [0.4, 0.5) is 13.2 Å². The maximum Gasteiger partial charge on any atom is 0.194 e. The average Bonchev–Trinajstić information content (AvgIpc) is 2.07. The van der Waals surface area contributed by atoms with E-state index in [9.17, 15) is 13.2 Å². The van der Waals surface area contributed by atoms with E-state index in [0.29, 0.717) is 11.5 Å². The molecule has 1 aliphatic heterocycles. The van der Waals surface area contributed by atoms with Gasteiger partial charge in [-0.3, -0.25) is 0 Å². The summed E-state index contributed by atoms with van der Waals surface area (Å²) >= 11 is 1.78. The second kappa shape index (κ2) is 3.85. The molecule has 4 heteroatoms. The summed E-state index contributed by atoms with van der Waals surface area (Å²) in [7, 11) is 0. The third kappa shape index (κ3) is 1.90. The van der Waals surface area contributed by atoms with Crippen LogP contribution in [0.3, 0.4) is 0 Å². The largest absolute Gasteiger partial charge is 0.204 e. The lowest BCUT2D eigenvalue weighted by molar-refractivity contribution is 0.446.